The summed E-state index contributed by atoms with van der Waals surface area (Å²) in [6, 6.07) is 4.13. The maximum Gasteiger partial charge on any atom is 0.223 e. The molecule has 1 spiro atoms. The summed E-state index contributed by atoms with van der Waals surface area (Å²) in [7, 11) is 0. The highest BCUT2D eigenvalue weighted by atomic mass is 16.5. The van der Waals surface area contributed by atoms with E-state index in [-0.39, 0.29) is 11.3 Å². The molecule has 0 unspecified atom stereocenters. The second-order valence-electron chi connectivity index (χ2n) is 7.55. The first-order chi connectivity index (χ1) is 12.0. The fourth-order valence-corrected chi connectivity index (χ4v) is 4.23. The molecule has 2 fully saturated rings. The van der Waals surface area contributed by atoms with Crippen LogP contribution in [0.3, 0.4) is 0 Å². The molecule has 0 radical (unpaired) electrons. The molecule has 2 aromatic rings. The fraction of sp³-hybridized carbons (Fsp3) is 0.526. The van der Waals surface area contributed by atoms with Crippen molar-refractivity contribution in [2.45, 2.75) is 39.8 Å². The van der Waals surface area contributed by atoms with E-state index in [1.807, 2.05) is 31.1 Å². The normalized spacial score (nSPS) is 23.9. The molecule has 4 heterocycles. The zero-order valence-electron chi connectivity index (χ0n) is 14.9. The molecular formula is C19H24N4O2. The lowest BCUT2D eigenvalue weighted by Crippen LogP contribution is -2.31. The summed E-state index contributed by atoms with van der Waals surface area (Å²) in [5.41, 5.74) is 3.32. The van der Waals surface area contributed by atoms with E-state index >= 15 is 0 Å². The van der Waals surface area contributed by atoms with Gasteiger partial charge in [0.2, 0.25) is 5.91 Å². The minimum atomic E-state index is 0.100. The van der Waals surface area contributed by atoms with E-state index in [2.05, 4.69) is 27.2 Å². The average Bonchev–Trinajstić information content (AvgIpc) is 3.23. The zero-order valence-corrected chi connectivity index (χ0v) is 14.9. The van der Waals surface area contributed by atoms with Crippen molar-refractivity contribution in [3.05, 3.63) is 47.1 Å². The Morgan fingerprint density at radius 1 is 1.20 bits per heavy atom. The van der Waals surface area contributed by atoms with Crippen LogP contribution in [0.1, 0.15) is 35.4 Å². The van der Waals surface area contributed by atoms with Gasteiger partial charge in [-0.1, -0.05) is 5.16 Å². The number of hydrogen-bond acceptors (Lipinski definition) is 5. The highest BCUT2D eigenvalue weighted by molar-refractivity contribution is 5.79. The molecule has 2 saturated heterocycles. The summed E-state index contributed by atoms with van der Waals surface area (Å²) < 4.78 is 5.24. The van der Waals surface area contributed by atoms with Crippen LogP contribution in [0.25, 0.3) is 0 Å². The first kappa shape index (κ1) is 16.3. The molecule has 6 heteroatoms. The van der Waals surface area contributed by atoms with Gasteiger partial charge in [-0.2, -0.15) is 0 Å². The number of amides is 1. The lowest BCUT2D eigenvalue weighted by atomic mass is 9.86. The number of likely N-dealkylation sites (tertiary alicyclic amines) is 2. The van der Waals surface area contributed by atoms with Gasteiger partial charge in [-0.3, -0.25) is 14.7 Å². The number of rotatable bonds is 4. The van der Waals surface area contributed by atoms with Crippen LogP contribution in [0.5, 0.6) is 0 Å². The minimum absolute atomic E-state index is 0.100. The molecule has 25 heavy (non-hydrogen) atoms. The molecule has 0 saturated carbocycles. The Kier molecular flexibility index (Phi) is 4.07. The first-order valence-electron chi connectivity index (χ1n) is 8.85. The second kappa shape index (κ2) is 6.26. The van der Waals surface area contributed by atoms with Gasteiger partial charge in [0.1, 0.15) is 5.76 Å². The molecule has 6 nitrogen and oxygen atoms in total. The number of hydrogen-bond donors (Lipinski definition) is 0. The smallest absolute Gasteiger partial charge is 0.223 e. The zero-order chi connectivity index (χ0) is 17.4. The summed E-state index contributed by atoms with van der Waals surface area (Å²) in [5, 5.41) is 4.00. The first-order valence-corrected chi connectivity index (χ1v) is 8.85. The highest BCUT2D eigenvalue weighted by Gasteiger charge is 2.47. The summed E-state index contributed by atoms with van der Waals surface area (Å²) >= 11 is 0. The van der Waals surface area contributed by atoms with Gasteiger partial charge >= 0.3 is 0 Å². The van der Waals surface area contributed by atoms with E-state index in [1.54, 1.807) is 0 Å². The van der Waals surface area contributed by atoms with E-state index in [0.717, 1.165) is 49.6 Å². The van der Waals surface area contributed by atoms with Crippen LogP contribution in [0.15, 0.2) is 29.0 Å². The van der Waals surface area contributed by atoms with E-state index in [4.69, 9.17) is 4.52 Å². The minimum Gasteiger partial charge on any atom is -0.361 e. The summed E-state index contributed by atoms with van der Waals surface area (Å²) in [6.45, 7) is 8.27. The monoisotopic (exact) mass is 340 g/mol. The molecule has 0 aromatic carbocycles. The van der Waals surface area contributed by atoms with Crippen LogP contribution < -0.4 is 0 Å². The van der Waals surface area contributed by atoms with Crippen molar-refractivity contribution in [2.24, 2.45) is 5.41 Å². The van der Waals surface area contributed by atoms with Crippen LogP contribution in [0.4, 0.5) is 0 Å². The number of aryl methyl sites for hydroxylation is 2. The predicted octanol–water partition coefficient (Wildman–Crippen LogP) is 2.31. The molecule has 2 aromatic heterocycles. The van der Waals surface area contributed by atoms with Gasteiger partial charge in [0.15, 0.2) is 0 Å². The second-order valence-corrected chi connectivity index (χ2v) is 7.55. The Bertz CT molecular complexity index is 753. The van der Waals surface area contributed by atoms with Gasteiger partial charge in [-0.25, -0.2) is 0 Å². The largest absolute Gasteiger partial charge is 0.361 e. The van der Waals surface area contributed by atoms with E-state index < -0.39 is 0 Å². The molecule has 0 aliphatic carbocycles. The Hall–Kier alpha value is -2.21. The molecule has 1 amide bonds. The van der Waals surface area contributed by atoms with Crippen molar-refractivity contribution in [1.82, 2.24) is 19.9 Å². The summed E-state index contributed by atoms with van der Waals surface area (Å²) in [5.74, 6) is 1.07. The molecule has 2 aliphatic heterocycles. The van der Waals surface area contributed by atoms with Crippen LogP contribution >= 0.6 is 0 Å². The van der Waals surface area contributed by atoms with Crippen molar-refractivity contribution in [3.63, 3.8) is 0 Å². The molecule has 0 bridgehead atoms. The van der Waals surface area contributed by atoms with Crippen molar-refractivity contribution >= 4 is 5.91 Å². The number of aromatic nitrogens is 2. The number of nitrogens with zero attached hydrogens (tertiary/aromatic N) is 4. The van der Waals surface area contributed by atoms with Crippen LogP contribution in [0.2, 0.25) is 0 Å². The number of pyridine rings is 1. The van der Waals surface area contributed by atoms with Crippen LogP contribution in [-0.4, -0.2) is 45.5 Å². The topological polar surface area (TPSA) is 62.5 Å². The van der Waals surface area contributed by atoms with Gasteiger partial charge in [0.05, 0.1) is 12.2 Å². The Morgan fingerprint density at radius 2 is 2.00 bits per heavy atom. The molecular weight excluding hydrogens is 316 g/mol. The van der Waals surface area contributed by atoms with Crippen molar-refractivity contribution in [3.8, 4) is 0 Å². The fourth-order valence-electron chi connectivity index (χ4n) is 4.23. The van der Waals surface area contributed by atoms with Gasteiger partial charge in [0, 0.05) is 49.4 Å². The van der Waals surface area contributed by atoms with Crippen LogP contribution in [0, 0.1) is 19.3 Å². The van der Waals surface area contributed by atoms with Gasteiger partial charge in [0.25, 0.3) is 0 Å². The quantitative estimate of drug-likeness (QED) is 0.855. The third kappa shape index (κ3) is 3.18. The third-order valence-corrected chi connectivity index (χ3v) is 5.61. The summed E-state index contributed by atoms with van der Waals surface area (Å²) in [6.07, 6.45) is 5.42. The van der Waals surface area contributed by atoms with E-state index in [9.17, 15) is 4.79 Å². The lowest BCUT2D eigenvalue weighted by molar-refractivity contribution is -0.128. The predicted molar refractivity (Wildman–Crippen MR) is 92.6 cm³/mol. The number of carbonyl (C=O) groups is 1. The van der Waals surface area contributed by atoms with Gasteiger partial charge < -0.3 is 9.42 Å². The molecule has 4 rings (SSSR count). The van der Waals surface area contributed by atoms with Crippen LogP contribution in [-0.2, 0) is 17.9 Å². The van der Waals surface area contributed by atoms with Gasteiger partial charge in [-0.05, 0) is 44.5 Å². The van der Waals surface area contributed by atoms with Crippen molar-refractivity contribution in [1.29, 1.82) is 0 Å². The maximum absolute atomic E-state index is 12.6. The molecule has 132 valence electrons. The Morgan fingerprint density at radius 3 is 2.72 bits per heavy atom. The summed E-state index contributed by atoms with van der Waals surface area (Å²) in [4.78, 5) is 21.1. The highest BCUT2D eigenvalue weighted by Crippen LogP contribution is 2.41. The standard InChI is InChI=1S/C19H24N4O2/c1-14-17(15(2)25-21-14)11-23-13-19(9-18(23)24)5-8-22(12-19)10-16-3-6-20-7-4-16/h3-4,6-7H,5,8-13H2,1-2H3/t19-/m1/s1. The lowest BCUT2D eigenvalue weighted by Gasteiger charge is -2.24. The van der Waals surface area contributed by atoms with Crippen molar-refractivity contribution in [2.75, 3.05) is 19.6 Å². The molecule has 1 atom stereocenters. The van der Waals surface area contributed by atoms with Crippen molar-refractivity contribution < 1.29 is 9.32 Å². The SMILES string of the molecule is Cc1noc(C)c1CN1C[C@]2(CCN(Cc3ccncc3)C2)CC1=O. The molecule has 2 aliphatic rings. The maximum atomic E-state index is 12.6. The number of carbonyl (C=O) groups excluding carboxylic acids is 1. The third-order valence-electron chi connectivity index (χ3n) is 5.61. The Labute approximate surface area is 147 Å². The molecule has 0 N–H and O–H groups in total. The van der Waals surface area contributed by atoms with E-state index in [1.165, 1.54) is 5.56 Å². The Balaban J connectivity index is 1.42. The van der Waals surface area contributed by atoms with Gasteiger partial charge in [-0.15, -0.1) is 0 Å². The van der Waals surface area contributed by atoms with E-state index in [0.29, 0.717) is 13.0 Å². The average molecular weight is 340 g/mol.